The number of hydrogen-bond acceptors (Lipinski definition) is 3. The highest BCUT2D eigenvalue weighted by Crippen LogP contribution is 2.36. The van der Waals surface area contributed by atoms with Crippen LogP contribution in [-0.4, -0.2) is 28.0 Å². The first-order valence-electron chi connectivity index (χ1n) is 5.83. The van der Waals surface area contributed by atoms with Crippen LogP contribution in [0.25, 0.3) is 0 Å². The normalized spacial score (nSPS) is 14.7. The van der Waals surface area contributed by atoms with Crippen molar-refractivity contribution in [1.29, 1.82) is 0 Å². The largest absolute Gasteiger partial charge is 0.469 e. The molecule has 0 amide bonds. The minimum absolute atomic E-state index is 0.0743. The number of hydrogen-bond donors (Lipinski definition) is 0. The van der Waals surface area contributed by atoms with Gasteiger partial charge in [-0.2, -0.15) is 0 Å². The molecule has 1 unspecified atom stereocenters. The van der Waals surface area contributed by atoms with E-state index in [0.717, 1.165) is 6.42 Å². The Balaban J connectivity index is 4.04. The van der Waals surface area contributed by atoms with Gasteiger partial charge in [-0.3, -0.25) is 4.79 Å². The Hall–Kier alpha value is -0.353. The molecule has 3 nitrogen and oxygen atoms in total. The van der Waals surface area contributed by atoms with Crippen LogP contribution in [0, 0.1) is 5.92 Å². The Kier molecular flexibility index (Phi) is 5.69. The van der Waals surface area contributed by atoms with Crippen LogP contribution >= 0.6 is 0 Å². The van der Waals surface area contributed by atoms with Crippen molar-refractivity contribution < 1.29 is 14.0 Å². The van der Waals surface area contributed by atoms with Gasteiger partial charge in [0.15, 0.2) is 8.32 Å². The fourth-order valence-electron chi connectivity index (χ4n) is 1.03. The number of carbonyl (C=O) groups is 1. The summed E-state index contributed by atoms with van der Waals surface area (Å²) in [6, 6.07) is 0. The molecule has 4 heteroatoms. The fraction of sp³-hybridized carbons (Fsp3) is 0.917. The topological polar surface area (TPSA) is 35.5 Å². The molecule has 0 rings (SSSR count). The highest BCUT2D eigenvalue weighted by Gasteiger charge is 2.37. The zero-order chi connectivity index (χ0) is 13.0. The summed E-state index contributed by atoms with van der Waals surface area (Å²) in [4.78, 5) is 11.2. The molecule has 0 aromatic carbocycles. The summed E-state index contributed by atoms with van der Waals surface area (Å²) in [5.41, 5.74) is 0. The molecule has 0 heterocycles. The van der Waals surface area contributed by atoms with E-state index in [1.54, 1.807) is 0 Å². The van der Waals surface area contributed by atoms with Gasteiger partial charge in [0.25, 0.3) is 0 Å². The maximum absolute atomic E-state index is 11.2. The van der Waals surface area contributed by atoms with Crippen LogP contribution in [0.1, 0.15) is 34.1 Å². The van der Waals surface area contributed by atoms with Crippen molar-refractivity contribution in [2.75, 3.05) is 13.7 Å². The molecule has 16 heavy (non-hydrogen) atoms. The van der Waals surface area contributed by atoms with E-state index in [2.05, 4.69) is 38.6 Å². The molecule has 0 bridgehead atoms. The quantitative estimate of drug-likeness (QED) is 0.552. The lowest BCUT2D eigenvalue weighted by molar-refractivity contribution is -0.145. The molecule has 0 fully saturated rings. The predicted octanol–water partition coefficient (Wildman–Crippen LogP) is 3.21. The van der Waals surface area contributed by atoms with Gasteiger partial charge in [-0.25, -0.2) is 0 Å². The first kappa shape index (κ1) is 15.6. The van der Waals surface area contributed by atoms with Gasteiger partial charge >= 0.3 is 5.97 Å². The average molecular weight is 246 g/mol. The van der Waals surface area contributed by atoms with Crippen LogP contribution < -0.4 is 0 Å². The monoisotopic (exact) mass is 246 g/mol. The molecule has 0 aromatic heterocycles. The Labute approximate surface area is 101 Å². The van der Waals surface area contributed by atoms with Crippen molar-refractivity contribution in [3.8, 4) is 0 Å². The number of esters is 1. The van der Waals surface area contributed by atoms with E-state index in [4.69, 9.17) is 4.43 Å². The minimum atomic E-state index is -1.67. The van der Waals surface area contributed by atoms with Gasteiger partial charge in [0, 0.05) is 6.61 Å². The van der Waals surface area contributed by atoms with E-state index in [1.807, 2.05) is 6.92 Å². The first-order chi connectivity index (χ1) is 7.12. The van der Waals surface area contributed by atoms with Gasteiger partial charge in [0.1, 0.15) is 0 Å². The molecule has 0 aromatic rings. The number of rotatable bonds is 5. The standard InChI is InChI=1S/C12H26O3Si/c1-10(11(13)14-5)8-9-15-16(6,7)12(2,3)4/h10H,8-9H2,1-7H3. The third-order valence-electron chi connectivity index (χ3n) is 3.42. The lowest BCUT2D eigenvalue weighted by Crippen LogP contribution is -2.41. The van der Waals surface area contributed by atoms with Crippen LogP contribution in [-0.2, 0) is 14.0 Å². The number of methoxy groups -OCH3 is 1. The first-order valence-corrected chi connectivity index (χ1v) is 8.74. The maximum Gasteiger partial charge on any atom is 0.308 e. The summed E-state index contributed by atoms with van der Waals surface area (Å²) in [5, 5.41) is 0.224. The van der Waals surface area contributed by atoms with Crippen LogP contribution in [0.15, 0.2) is 0 Å². The molecule has 0 aliphatic carbocycles. The molecule has 0 saturated carbocycles. The second-order valence-corrected chi connectivity index (χ2v) is 10.6. The molecule has 0 N–H and O–H groups in total. The number of ether oxygens (including phenoxy) is 1. The van der Waals surface area contributed by atoms with Crippen LogP contribution in [0.3, 0.4) is 0 Å². The molecular formula is C12H26O3Si. The molecule has 96 valence electrons. The van der Waals surface area contributed by atoms with Gasteiger partial charge < -0.3 is 9.16 Å². The second kappa shape index (κ2) is 5.82. The van der Waals surface area contributed by atoms with Gasteiger partial charge in [-0.1, -0.05) is 27.7 Å². The Morgan fingerprint density at radius 2 is 1.81 bits per heavy atom. The second-order valence-electron chi connectivity index (χ2n) is 5.82. The smallest absolute Gasteiger partial charge is 0.308 e. The zero-order valence-electron chi connectivity index (χ0n) is 11.7. The van der Waals surface area contributed by atoms with E-state index in [1.165, 1.54) is 7.11 Å². The van der Waals surface area contributed by atoms with Gasteiger partial charge in [0.05, 0.1) is 13.0 Å². The Bertz CT molecular complexity index is 231. The van der Waals surface area contributed by atoms with Crippen molar-refractivity contribution in [3.63, 3.8) is 0 Å². The average Bonchev–Trinajstić information content (AvgIpc) is 2.14. The van der Waals surface area contributed by atoms with Crippen molar-refractivity contribution in [1.82, 2.24) is 0 Å². The van der Waals surface area contributed by atoms with Gasteiger partial charge in [0.2, 0.25) is 0 Å². The SMILES string of the molecule is COC(=O)C(C)CCO[Si](C)(C)C(C)(C)C. The van der Waals surface area contributed by atoms with E-state index in [0.29, 0.717) is 6.61 Å². The molecule has 0 saturated heterocycles. The predicted molar refractivity (Wildman–Crippen MR) is 68.9 cm³/mol. The molecule has 0 aliphatic rings. The summed E-state index contributed by atoms with van der Waals surface area (Å²) >= 11 is 0. The molecule has 0 radical (unpaired) electrons. The summed E-state index contributed by atoms with van der Waals surface area (Å²) in [5.74, 6) is -0.228. The van der Waals surface area contributed by atoms with Crippen molar-refractivity contribution in [2.45, 2.75) is 52.2 Å². The minimum Gasteiger partial charge on any atom is -0.469 e. The molecular weight excluding hydrogens is 220 g/mol. The van der Waals surface area contributed by atoms with Crippen molar-refractivity contribution >= 4 is 14.3 Å². The Morgan fingerprint density at radius 1 is 1.31 bits per heavy atom. The number of carbonyl (C=O) groups excluding carboxylic acids is 1. The summed E-state index contributed by atoms with van der Waals surface area (Å²) in [6.45, 7) is 13.6. The van der Waals surface area contributed by atoms with E-state index in [9.17, 15) is 4.79 Å². The van der Waals surface area contributed by atoms with Gasteiger partial charge in [-0.15, -0.1) is 0 Å². The zero-order valence-corrected chi connectivity index (χ0v) is 12.7. The third kappa shape index (κ3) is 4.66. The van der Waals surface area contributed by atoms with Crippen molar-refractivity contribution in [2.24, 2.45) is 5.92 Å². The highest BCUT2D eigenvalue weighted by molar-refractivity contribution is 6.74. The lowest BCUT2D eigenvalue weighted by Gasteiger charge is -2.36. The summed E-state index contributed by atoms with van der Waals surface area (Å²) < 4.78 is 10.7. The molecule has 1 atom stereocenters. The highest BCUT2D eigenvalue weighted by atomic mass is 28.4. The van der Waals surface area contributed by atoms with Crippen LogP contribution in [0.4, 0.5) is 0 Å². The Morgan fingerprint density at radius 3 is 2.19 bits per heavy atom. The third-order valence-corrected chi connectivity index (χ3v) is 7.96. The lowest BCUT2D eigenvalue weighted by atomic mass is 10.1. The van der Waals surface area contributed by atoms with E-state index in [-0.39, 0.29) is 16.9 Å². The summed E-state index contributed by atoms with van der Waals surface area (Å²) in [7, 11) is -0.245. The van der Waals surface area contributed by atoms with Gasteiger partial charge in [-0.05, 0) is 24.6 Å². The van der Waals surface area contributed by atoms with E-state index < -0.39 is 8.32 Å². The van der Waals surface area contributed by atoms with E-state index >= 15 is 0 Å². The maximum atomic E-state index is 11.2. The molecule has 0 aliphatic heterocycles. The van der Waals surface area contributed by atoms with Crippen LogP contribution in [0.5, 0.6) is 0 Å². The van der Waals surface area contributed by atoms with Crippen LogP contribution in [0.2, 0.25) is 18.1 Å². The molecule has 0 spiro atoms. The van der Waals surface area contributed by atoms with Crippen molar-refractivity contribution in [3.05, 3.63) is 0 Å². The fourth-order valence-corrected chi connectivity index (χ4v) is 2.09. The summed E-state index contributed by atoms with van der Waals surface area (Å²) in [6.07, 6.45) is 0.735.